The second-order valence-corrected chi connectivity index (χ2v) is 27.2. The first-order chi connectivity index (χ1) is 39.8. The van der Waals surface area contributed by atoms with Gasteiger partial charge in [0, 0.05) is 54.5 Å². The van der Waals surface area contributed by atoms with Gasteiger partial charge in [-0.3, -0.25) is 48.7 Å². The molecule has 2 heterocycles. The minimum Gasteiger partial charge on any atom is -0.391 e. The molecule has 2 aliphatic heterocycles. The number of carbonyl (C=O) groups excluding carboxylic acids is 9. The molecule has 24 nitrogen and oxygen atoms in total. The Hall–Kier alpha value is -5.01. The summed E-state index contributed by atoms with van der Waals surface area (Å²) >= 11 is 0. The summed E-state index contributed by atoms with van der Waals surface area (Å²) in [5.41, 5.74) is 0. The first-order valence-corrected chi connectivity index (χ1v) is 31.4. The number of likely N-dealkylation sites (N-methyl/N-ethyl adjacent to an activating group) is 5. The number of aliphatic hydroxyl groups excluding tert-OH is 2. The number of amides is 8. The number of aliphatic hydroxyl groups is 2. The smallest absolute Gasteiger partial charge is 0.391 e. The minimum absolute atomic E-state index is 0.0513. The van der Waals surface area contributed by atoms with Crippen LogP contribution < -0.4 is 21.3 Å². The first-order valence-electron chi connectivity index (χ1n) is 31.4. The molecule has 0 aromatic carbocycles. The third-order valence-electron chi connectivity index (χ3n) is 16.7. The van der Waals surface area contributed by atoms with Crippen LogP contribution in [-0.2, 0) is 47.8 Å². The molecule has 24 heteroatoms. The Morgan fingerprint density at radius 3 is 1.56 bits per heavy atom. The van der Waals surface area contributed by atoms with Crippen LogP contribution in [0.2, 0.25) is 0 Å². The predicted molar refractivity (Wildman–Crippen MR) is 330 cm³/mol. The van der Waals surface area contributed by atoms with Gasteiger partial charge >= 0.3 is 12.1 Å². The van der Waals surface area contributed by atoms with Crippen molar-refractivity contribution >= 4 is 53.4 Å². The van der Waals surface area contributed by atoms with Gasteiger partial charge in [-0.2, -0.15) is 0 Å². The van der Waals surface area contributed by atoms with Gasteiger partial charge in [0.15, 0.2) is 0 Å². The van der Waals surface area contributed by atoms with E-state index < -0.39 is 139 Å². The molecule has 2 rings (SSSR count). The van der Waals surface area contributed by atoms with Crippen LogP contribution in [0.1, 0.15) is 155 Å². The maximum absolute atomic E-state index is 15.2. The van der Waals surface area contributed by atoms with Gasteiger partial charge in [0.2, 0.25) is 41.4 Å². The molecule has 0 radical (unpaired) electrons. The third kappa shape index (κ3) is 23.2. The highest BCUT2D eigenvalue weighted by Gasteiger charge is 2.45. The summed E-state index contributed by atoms with van der Waals surface area (Å²) in [5.74, 6) is -7.58. The van der Waals surface area contributed by atoms with E-state index in [0.29, 0.717) is 39.0 Å². The molecule has 86 heavy (non-hydrogen) atoms. The Labute approximate surface area is 515 Å². The number of carbonyl (C=O) groups is 9. The minimum atomic E-state index is -1.71. The van der Waals surface area contributed by atoms with Crippen molar-refractivity contribution in [3.63, 3.8) is 0 Å². The third-order valence-corrected chi connectivity index (χ3v) is 16.7. The molecule has 2 fully saturated rings. The number of nitrogens with zero attached hydrogens (tertiary/aromatic N) is 7. The van der Waals surface area contributed by atoms with Crippen molar-refractivity contribution < 1.29 is 62.8 Å². The van der Waals surface area contributed by atoms with Gasteiger partial charge in [-0.1, -0.05) is 90.0 Å². The monoisotopic (exact) mass is 1220 g/mol. The zero-order valence-corrected chi connectivity index (χ0v) is 56.5. The molecule has 0 aromatic heterocycles. The van der Waals surface area contributed by atoms with Crippen LogP contribution in [0.25, 0.3) is 0 Å². The largest absolute Gasteiger partial charge is 0.417 e. The van der Waals surface area contributed by atoms with Gasteiger partial charge in [-0.15, -0.1) is 0 Å². The lowest BCUT2D eigenvalue weighted by Gasteiger charge is -2.41. The molecular formula is C62H115N11O13. The maximum Gasteiger partial charge on any atom is 0.417 e. The number of cyclic esters (lactones) is 2. The molecule has 0 aliphatic carbocycles. The highest BCUT2D eigenvalue weighted by Crippen LogP contribution is 2.25. The Balaban J connectivity index is 2.96. The molecule has 2 saturated heterocycles. The van der Waals surface area contributed by atoms with Gasteiger partial charge < -0.3 is 60.1 Å². The Morgan fingerprint density at radius 1 is 0.570 bits per heavy atom. The first kappa shape index (κ1) is 77.1. The highest BCUT2D eigenvalue weighted by atomic mass is 16.6. The Bertz CT molecular complexity index is 2210. The van der Waals surface area contributed by atoms with Crippen LogP contribution in [0.15, 0.2) is 0 Å². The molecule has 6 N–H and O–H groups in total. The van der Waals surface area contributed by atoms with Crippen LogP contribution in [0.4, 0.5) is 4.79 Å². The number of nitrogens with one attached hydrogen (secondary N) is 4. The number of ether oxygens (including phenoxy) is 2. The van der Waals surface area contributed by atoms with E-state index in [1.807, 2.05) is 81.2 Å². The molecule has 8 amide bonds. The summed E-state index contributed by atoms with van der Waals surface area (Å²) in [6, 6.07) is -9.06. The number of esters is 1. The molecule has 496 valence electrons. The maximum atomic E-state index is 15.2. The zero-order valence-electron chi connectivity index (χ0n) is 56.5. The van der Waals surface area contributed by atoms with Crippen molar-refractivity contribution in [3.05, 3.63) is 0 Å². The van der Waals surface area contributed by atoms with Crippen LogP contribution in [0, 0.1) is 41.4 Å². The highest BCUT2D eigenvalue weighted by molar-refractivity contribution is 5.98. The summed E-state index contributed by atoms with van der Waals surface area (Å²) in [5, 5.41) is 35.7. The number of hydrogen-bond acceptors (Lipinski definition) is 16. The normalized spacial score (nSPS) is 27.2. The number of rotatable bonds is 18. The van der Waals surface area contributed by atoms with Crippen LogP contribution >= 0.6 is 0 Å². The molecule has 0 saturated carbocycles. The fourth-order valence-electron chi connectivity index (χ4n) is 11.3. The lowest BCUT2D eigenvalue weighted by molar-refractivity contribution is -0.155. The topological polar surface area (TPSA) is 283 Å². The van der Waals surface area contributed by atoms with Crippen molar-refractivity contribution in [2.45, 2.75) is 228 Å². The molecule has 0 aromatic rings. The Kier molecular flexibility index (Phi) is 32.1. The summed E-state index contributed by atoms with van der Waals surface area (Å²) in [6.45, 7) is 28.4. The zero-order chi connectivity index (χ0) is 65.9. The lowest BCUT2D eigenvalue weighted by Crippen LogP contribution is -2.64. The average molecular weight is 1220 g/mol. The van der Waals surface area contributed by atoms with E-state index >= 15 is 9.59 Å². The fraction of sp³-hybridized carbons (Fsp3) is 0.855. The SMILES string of the molecule is CC(C)C[C@@H]1C(=O)N[C@H](CC(C)C)C(=O)N(C)C(C(C)C)C(=O)N(C)C([C@H](O)[C@H](C)CCN(C)C2CCOCC2)C(=O)NC([C@@H](C)O)C(=O)N(C)CC(=O)N(C)[C@@H](CC(C)C)C(=O)N[C@H](CC(C)C)N(C)[C@H](CC(C)C)N[C@H](C)C(=O)OC(=O)N1C. The van der Waals surface area contributed by atoms with Crippen molar-refractivity contribution in [2.75, 3.05) is 75.6 Å². The van der Waals surface area contributed by atoms with Crippen LogP contribution in [0.3, 0.4) is 0 Å². The van der Waals surface area contributed by atoms with Gasteiger partial charge in [0.05, 0.1) is 31.1 Å². The van der Waals surface area contributed by atoms with Crippen molar-refractivity contribution in [3.8, 4) is 0 Å². The lowest BCUT2D eigenvalue weighted by atomic mass is 9.91. The second kappa shape index (κ2) is 35.9. The molecule has 0 bridgehead atoms. The van der Waals surface area contributed by atoms with Crippen LogP contribution in [0.5, 0.6) is 0 Å². The molecule has 2 aliphatic rings. The fourth-order valence-corrected chi connectivity index (χ4v) is 11.3. The summed E-state index contributed by atoms with van der Waals surface area (Å²) < 4.78 is 11.1. The van der Waals surface area contributed by atoms with Crippen molar-refractivity contribution in [1.29, 1.82) is 0 Å². The van der Waals surface area contributed by atoms with E-state index in [2.05, 4.69) is 26.2 Å². The van der Waals surface area contributed by atoms with Gasteiger partial charge in [0.1, 0.15) is 42.3 Å². The number of hydrogen-bond donors (Lipinski definition) is 6. The standard InChI is InChI=1S/C62H115N11O13/c1-35(2)29-45-58(80)72(21)52(40(11)12)60(82)73(22)53(54(76)41(13)23-26-67(16)44-24-27-85-28-25-44)57(79)66-51(43(15)74)59(81)68(17)34-50(75)69(18)46(30-36(3)4)56(78)65-49(33-39(9)10)71(20)48(32-38(7)8)63-42(14)61(83)86-62(84)70(19)47(31-37(5)6)55(77)64-45/h35-49,51-54,63,74,76H,23-34H2,1-22H3,(H,64,77)(H,65,78)(H,66,79)/t41-,42-,43-,45-,46+,47-,48-,49+,51?,52?,53?,54-/m1/s1. The van der Waals surface area contributed by atoms with E-state index in [4.69, 9.17) is 9.47 Å². The summed E-state index contributed by atoms with van der Waals surface area (Å²) in [6.07, 6.45) is -2.07. The van der Waals surface area contributed by atoms with Crippen molar-refractivity contribution in [1.82, 2.24) is 55.6 Å². The van der Waals surface area contributed by atoms with Crippen molar-refractivity contribution in [2.24, 2.45) is 41.4 Å². The average Bonchev–Trinajstić information content (AvgIpc) is 2.63. The summed E-state index contributed by atoms with van der Waals surface area (Å²) in [4.78, 5) is 141. The van der Waals surface area contributed by atoms with E-state index in [9.17, 15) is 43.8 Å². The van der Waals surface area contributed by atoms with E-state index in [0.717, 1.165) is 27.5 Å². The predicted octanol–water partition coefficient (Wildman–Crippen LogP) is 3.32. The van der Waals surface area contributed by atoms with E-state index in [1.54, 1.807) is 34.7 Å². The summed E-state index contributed by atoms with van der Waals surface area (Å²) in [7, 11) is 10.7. The van der Waals surface area contributed by atoms with Gasteiger partial charge in [0.25, 0.3) is 0 Å². The molecular weight excluding hydrogens is 1110 g/mol. The quantitative estimate of drug-likeness (QED) is 0.0848. The molecule has 0 spiro atoms. The van der Waals surface area contributed by atoms with E-state index in [1.165, 1.54) is 52.0 Å². The molecule has 3 unspecified atom stereocenters. The van der Waals surface area contributed by atoms with Gasteiger partial charge in [-0.05, 0) is 127 Å². The molecule has 12 atom stereocenters. The van der Waals surface area contributed by atoms with Crippen LogP contribution in [-0.4, -0.2) is 246 Å². The van der Waals surface area contributed by atoms with Gasteiger partial charge in [-0.25, -0.2) is 9.59 Å². The second-order valence-electron chi connectivity index (χ2n) is 27.2. The van der Waals surface area contributed by atoms with E-state index in [-0.39, 0.29) is 54.9 Å². The Morgan fingerprint density at radius 2 is 1.06 bits per heavy atom.